The minimum absolute atomic E-state index is 0.274. The first-order chi connectivity index (χ1) is 7.16. The molecule has 2 N–H and O–H groups in total. The minimum Gasteiger partial charge on any atom is -0.480 e. The van der Waals surface area contributed by atoms with E-state index >= 15 is 0 Å². The molecule has 0 fully saturated rings. The molecule has 0 rings (SSSR count). The van der Waals surface area contributed by atoms with Gasteiger partial charge in [-0.3, -0.25) is 0 Å². The van der Waals surface area contributed by atoms with Gasteiger partial charge in [-0.15, -0.1) is 0 Å². The summed E-state index contributed by atoms with van der Waals surface area (Å²) < 4.78 is 9.92. The Labute approximate surface area is 90.0 Å². The molecule has 15 heavy (non-hydrogen) atoms. The molecule has 0 spiro atoms. The van der Waals surface area contributed by atoms with Crippen molar-refractivity contribution >= 4 is 5.97 Å². The first kappa shape index (κ1) is 14.3. The third kappa shape index (κ3) is 11.3. The summed E-state index contributed by atoms with van der Waals surface area (Å²) in [7, 11) is 0. The van der Waals surface area contributed by atoms with Crippen LogP contribution in [-0.2, 0) is 14.3 Å². The van der Waals surface area contributed by atoms with E-state index in [2.05, 4.69) is 0 Å². The number of aliphatic carboxylic acids is 1. The van der Waals surface area contributed by atoms with E-state index in [0.29, 0.717) is 19.6 Å². The highest BCUT2D eigenvalue weighted by Gasteiger charge is 2.01. The lowest BCUT2D eigenvalue weighted by Crippen LogP contribution is -2.14. The predicted octanol–water partition coefficient (Wildman–Crippen LogP) is 0.655. The monoisotopic (exact) mass is 220 g/mol. The van der Waals surface area contributed by atoms with Crippen molar-refractivity contribution < 1.29 is 24.5 Å². The number of aliphatic hydroxyl groups excluding tert-OH is 1. The van der Waals surface area contributed by atoms with Gasteiger partial charge in [0.2, 0.25) is 0 Å². The summed E-state index contributed by atoms with van der Waals surface area (Å²) >= 11 is 0. The Bertz CT molecular complexity index is 160. The molecule has 0 aromatic carbocycles. The molecule has 5 heteroatoms. The van der Waals surface area contributed by atoms with E-state index in [9.17, 15) is 9.90 Å². The molecule has 1 atom stereocenters. The summed E-state index contributed by atoms with van der Waals surface area (Å²) in [5.41, 5.74) is 0. The summed E-state index contributed by atoms with van der Waals surface area (Å²) in [5, 5.41) is 17.6. The number of carbonyl (C=O) groups is 1. The van der Waals surface area contributed by atoms with Gasteiger partial charge in [-0.2, -0.15) is 0 Å². The number of hydrogen-bond donors (Lipinski definition) is 2. The Morgan fingerprint density at radius 1 is 1.20 bits per heavy atom. The van der Waals surface area contributed by atoms with Crippen LogP contribution < -0.4 is 0 Å². The first-order valence-corrected chi connectivity index (χ1v) is 5.22. The Hall–Kier alpha value is -0.650. The third-order valence-corrected chi connectivity index (χ3v) is 1.81. The van der Waals surface area contributed by atoms with E-state index in [0.717, 1.165) is 12.8 Å². The van der Waals surface area contributed by atoms with Crippen molar-refractivity contribution in [2.24, 2.45) is 0 Å². The molecule has 0 aliphatic rings. The lowest BCUT2D eigenvalue weighted by molar-refractivity contribution is -0.142. The van der Waals surface area contributed by atoms with Crippen LogP contribution in [0.5, 0.6) is 0 Å². The number of carboxylic acid groups (broad SMARTS) is 1. The number of ether oxygens (including phenoxy) is 2. The Morgan fingerprint density at radius 2 is 1.87 bits per heavy atom. The van der Waals surface area contributed by atoms with Crippen LogP contribution in [0.2, 0.25) is 0 Å². The van der Waals surface area contributed by atoms with Crippen molar-refractivity contribution in [2.45, 2.75) is 32.3 Å². The van der Waals surface area contributed by atoms with Crippen molar-refractivity contribution in [2.75, 3.05) is 26.4 Å². The largest absolute Gasteiger partial charge is 0.480 e. The fourth-order valence-electron chi connectivity index (χ4n) is 1.08. The smallest absolute Gasteiger partial charge is 0.329 e. The molecule has 0 heterocycles. The van der Waals surface area contributed by atoms with E-state index in [1.807, 2.05) is 6.92 Å². The third-order valence-electron chi connectivity index (χ3n) is 1.81. The molecule has 0 aliphatic carbocycles. The average Bonchev–Trinajstić information content (AvgIpc) is 2.16. The highest BCUT2D eigenvalue weighted by Crippen LogP contribution is 2.00. The second kappa shape index (κ2) is 9.89. The molecule has 1 unspecified atom stereocenters. The average molecular weight is 220 g/mol. The maximum Gasteiger partial charge on any atom is 0.329 e. The lowest BCUT2D eigenvalue weighted by Gasteiger charge is -2.09. The molecule has 0 saturated carbocycles. The van der Waals surface area contributed by atoms with E-state index < -0.39 is 5.97 Å². The molecular formula is C10H20O5. The molecule has 0 aromatic heterocycles. The normalized spacial score (nSPS) is 12.7. The van der Waals surface area contributed by atoms with Crippen LogP contribution in [0.3, 0.4) is 0 Å². The molecule has 0 aliphatic heterocycles. The zero-order valence-corrected chi connectivity index (χ0v) is 9.15. The maximum absolute atomic E-state index is 10.1. The van der Waals surface area contributed by atoms with Gasteiger partial charge in [0, 0.05) is 6.61 Å². The van der Waals surface area contributed by atoms with Crippen LogP contribution >= 0.6 is 0 Å². The predicted molar refractivity (Wildman–Crippen MR) is 54.8 cm³/mol. The fourth-order valence-corrected chi connectivity index (χ4v) is 1.08. The number of aliphatic hydroxyl groups is 1. The van der Waals surface area contributed by atoms with Crippen LogP contribution in [0.15, 0.2) is 0 Å². The molecule has 0 saturated heterocycles. The Kier molecular flexibility index (Phi) is 9.46. The minimum atomic E-state index is -0.978. The summed E-state index contributed by atoms with van der Waals surface area (Å²) in [6, 6.07) is 0. The van der Waals surface area contributed by atoms with Gasteiger partial charge < -0.3 is 19.7 Å². The van der Waals surface area contributed by atoms with E-state index in [4.69, 9.17) is 14.6 Å². The summed E-state index contributed by atoms with van der Waals surface area (Å²) in [4.78, 5) is 10.1. The van der Waals surface area contributed by atoms with Crippen LogP contribution in [0.25, 0.3) is 0 Å². The van der Waals surface area contributed by atoms with Crippen molar-refractivity contribution in [1.82, 2.24) is 0 Å². The van der Waals surface area contributed by atoms with E-state index in [-0.39, 0.29) is 19.3 Å². The zero-order valence-electron chi connectivity index (χ0n) is 9.15. The van der Waals surface area contributed by atoms with Crippen LogP contribution in [0, 0.1) is 0 Å². The van der Waals surface area contributed by atoms with E-state index in [1.165, 1.54) is 0 Å². The molecule has 0 radical (unpaired) electrons. The number of hydrogen-bond acceptors (Lipinski definition) is 4. The van der Waals surface area contributed by atoms with Crippen LogP contribution in [0.4, 0.5) is 0 Å². The Morgan fingerprint density at radius 3 is 2.47 bits per heavy atom. The molecule has 0 aromatic rings. The SMILES string of the molecule is CCCC(O)CCOCCOCC(=O)O. The van der Waals surface area contributed by atoms with Gasteiger partial charge in [-0.1, -0.05) is 13.3 Å². The second-order valence-electron chi connectivity index (χ2n) is 3.29. The number of carboxylic acids is 1. The zero-order chi connectivity index (χ0) is 11.5. The van der Waals surface area contributed by atoms with Gasteiger partial charge >= 0.3 is 5.97 Å². The van der Waals surface area contributed by atoms with Crippen molar-refractivity contribution in [3.05, 3.63) is 0 Å². The summed E-state index contributed by atoms with van der Waals surface area (Å²) in [6.07, 6.45) is 2.07. The van der Waals surface area contributed by atoms with Crippen LogP contribution in [0.1, 0.15) is 26.2 Å². The van der Waals surface area contributed by atoms with Crippen molar-refractivity contribution in [3.8, 4) is 0 Å². The van der Waals surface area contributed by atoms with Gasteiger partial charge in [0.1, 0.15) is 6.61 Å². The highest BCUT2D eigenvalue weighted by molar-refractivity contribution is 5.67. The summed E-state index contributed by atoms with van der Waals surface area (Å²) in [6.45, 7) is 2.85. The maximum atomic E-state index is 10.1. The van der Waals surface area contributed by atoms with Gasteiger partial charge in [0.25, 0.3) is 0 Å². The topological polar surface area (TPSA) is 76.0 Å². The molecule has 0 amide bonds. The quantitative estimate of drug-likeness (QED) is 0.529. The number of rotatable bonds is 10. The van der Waals surface area contributed by atoms with Gasteiger partial charge in [-0.05, 0) is 12.8 Å². The molecule has 0 bridgehead atoms. The molecule has 90 valence electrons. The molecule has 5 nitrogen and oxygen atoms in total. The fraction of sp³-hybridized carbons (Fsp3) is 0.900. The van der Waals surface area contributed by atoms with Crippen LogP contribution in [-0.4, -0.2) is 48.7 Å². The lowest BCUT2D eigenvalue weighted by atomic mass is 10.1. The standard InChI is InChI=1S/C10H20O5/c1-2-3-9(11)4-5-14-6-7-15-8-10(12)13/h9,11H,2-8H2,1H3,(H,12,13). The van der Waals surface area contributed by atoms with Gasteiger partial charge in [0.05, 0.1) is 19.3 Å². The second-order valence-corrected chi connectivity index (χ2v) is 3.29. The van der Waals surface area contributed by atoms with E-state index in [1.54, 1.807) is 0 Å². The Balaban J connectivity index is 3.07. The van der Waals surface area contributed by atoms with Crippen molar-refractivity contribution in [3.63, 3.8) is 0 Å². The molecular weight excluding hydrogens is 200 g/mol. The highest BCUT2D eigenvalue weighted by atomic mass is 16.5. The first-order valence-electron chi connectivity index (χ1n) is 5.22. The van der Waals surface area contributed by atoms with Crippen molar-refractivity contribution in [1.29, 1.82) is 0 Å². The van der Waals surface area contributed by atoms with Gasteiger partial charge in [0.15, 0.2) is 0 Å². The summed E-state index contributed by atoms with van der Waals surface area (Å²) in [5.74, 6) is -0.978. The van der Waals surface area contributed by atoms with Gasteiger partial charge in [-0.25, -0.2) is 4.79 Å².